The molecule has 4 nitrogen and oxygen atoms in total. The maximum absolute atomic E-state index is 6.02. The molecule has 0 unspecified atom stereocenters. The number of nitrogens with zero attached hydrogens (tertiary/aromatic N) is 1. The molecule has 0 saturated carbocycles. The van der Waals surface area contributed by atoms with Crippen molar-refractivity contribution >= 4 is 5.84 Å². The molecule has 0 aliphatic heterocycles. The lowest BCUT2D eigenvalue weighted by Gasteiger charge is -2.13. The largest absolute Gasteiger partial charge is 0.497 e. The van der Waals surface area contributed by atoms with Crippen molar-refractivity contribution < 1.29 is 9.47 Å². The van der Waals surface area contributed by atoms with E-state index in [1.54, 1.807) is 7.11 Å². The Morgan fingerprint density at radius 2 is 1.87 bits per heavy atom. The third-order valence-electron chi connectivity index (χ3n) is 3.40. The van der Waals surface area contributed by atoms with E-state index >= 15 is 0 Å². The molecule has 122 valence electrons. The third-order valence-corrected chi connectivity index (χ3v) is 3.40. The molecule has 0 heterocycles. The molecule has 2 aromatic rings. The van der Waals surface area contributed by atoms with Gasteiger partial charge in [-0.3, -0.25) is 4.99 Å². The highest BCUT2D eigenvalue weighted by atomic mass is 16.5. The van der Waals surface area contributed by atoms with E-state index in [0.29, 0.717) is 18.8 Å². The highest BCUT2D eigenvalue weighted by Gasteiger charge is 2.05. The number of methoxy groups -OCH3 is 1. The molecule has 0 aliphatic carbocycles. The summed E-state index contributed by atoms with van der Waals surface area (Å²) in [6, 6.07) is 15.8. The van der Waals surface area contributed by atoms with Gasteiger partial charge < -0.3 is 15.2 Å². The molecule has 0 saturated heterocycles. The van der Waals surface area contributed by atoms with E-state index in [1.165, 1.54) is 11.1 Å². The van der Waals surface area contributed by atoms with Crippen molar-refractivity contribution in [3.63, 3.8) is 0 Å². The Bertz CT molecular complexity index is 668. The molecule has 0 amide bonds. The van der Waals surface area contributed by atoms with Gasteiger partial charge in [-0.25, -0.2) is 0 Å². The van der Waals surface area contributed by atoms with E-state index < -0.39 is 0 Å². The molecule has 0 radical (unpaired) electrons. The minimum absolute atomic E-state index is 0.0573. The van der Waals surface area contributed by atoms with Gasteiger partial charge in [0.2, 0.25) is 0 Å². The lowest BCUT2D eigenvalue weighted by Crippen LogP contribution is -2.21. The maximum Gasteiger partial charge on any atom is 0.123 e. The molecule has 4 heteroatoms. The second-order valence-electron chi connectivity index (χ2n) is 5.61. The fourth-order valence-electron chi connectivity index (χ4n) is 2.28. The molecule has 2 aromatic carbocycles. The van der Waals surface area contributed by atoms with Crippen LogP contribution in [0.1, 0.15) is 18.1 Å². The monoisotopic (exact) mass is 312 g/mol. The minimum atomic E-state index is -0.0573. The first-order valence-electron chi connectivity index (χ1n) is 7.72. The summed E-state index contributed by atoms with van der Waals surface area (Å²) >= 11 is 0. The van der Waals surface area contributed by atoms with Crippen LogP contribution in [-0.4, -0.2) is 25.6 Å². The van der Waals surface area contributed by atoms with Crippen molar-refractivity contribution in [2.45, 2.75) is 26.4 Å². The lowest BCUT2D eigenvalue weighted by molar-refractivity contribution is 0.229. The number of aliphatic imine (C=N–C) groups is 1. The number of aryl methyl sites for hydroxylation is 1. The van der Waals surface area contributed by atoms with Crippen LogP contribution < -0.4 is 15.2 Å². The maximum atomic E-state index is 6.02. The summed E-state index contributed by atoms with van der Waals surface area (Å²) in [4.78, 5) is 4.43. The molecule has 0 aliphatic rings. The molecule has 0 bridgehead atoms. The predicted molar refractivity (Wildman–Crippen MR) is 94.5 cm³/mol. The Hall–Kier alpha value is -2.49. The van der Waals surface area contributed by atoms with E-state index in [4.69, 9.17) is 15.2 Å². The van der Waals surface area contributed by atoms with Gasteiger partial charge in [-0.15, -0.1) is 0 Å². The fourth-order valence-corrected chi connectivity index (χ4v) is 2.28. The van der Waals surface area contributed by atoms with Crippen LogP contribution in [-0.2, 0) is 6.42 Å². The zero-order chi connectivity index (χ0) is 16.7. The van der Waals surface area contributed by atoms with Gasteiger partial charge in [0, 0.05) is 12.5 Å². The fraction of sp³-hybridized carbons (Fsp3) is 0.316. The SMILES string of the molecule is COc1cccc(O[C@@H](C)CN=C(N)Cc2cccc(C)c2)c1. The molecule has 23 heavy (non-hydrogen) atoms. The molecular weight excluding hydrogens is 288 g/mol. The van der Waals surface area contributed by atoms with Crippen molar-refractivity contribution in [3.8, 4) is 11.5 Å². The molecule has 0 spiro atoms. The standard InChI is InChI=1S/C19H24N2O2/c1-14-6-4-7-16(10-14)11-19(20)21-13-15(2)23-18-9-5-8-17(12-18)22-3/h4-10,12,15H,11,13H2,1-3H3,(H2,20,21)/t15-/m0/s1. The van der Waals surface area contributed by atoms with Crippen LogP contribution in [0.2, 0.25) is 0 Å². The first-order valence-corrected chi connectivity index (χ1v) is 7.72. The van der Waals surface area contributed by atoms with Crippen molar-refractivity contribution in [3.05, 3.63) is 59.7 Å². The normalized spacial score (nSPS) is 12.7. The molecule has 0 aromatic heterocycles. The van der Waals surface area contributed by atoms with Crippen LogP contribution in [0.4, 0.5) is 0 Å². The average molecular weight is 312 g/mol. The first kappa shape index (κ1) is 16.9. The number of nitrogens with two attached hydrogens (primary N) is 1. The zero-order valence-electron chi connectivity index (χ0n) is 14.0. The zero-order valence-corrected chi connectivity index (χ0v) is 14.0. The average Bonchev–Trinajstić information content (AvgIpc) is 2.53. The summed E-state index contributed by atoms with van der Waals surface area (Å²) in [5, 5.41) is 0. The van der Waals surface area contributed by atoms with Gasteiger partial charge in [0.25, 0.3) is 0 Å². The summed E-state index contributed by atoms with van der Waals surface area (Å²) in [6.45, 7) is 4.57. The Morgan fingerprint density at radius 1 is 1.13 bits per heavy atom. The molecule has 0 fully saturated rings. The second kappa shape index (κ2) is 8.22. The van der Waals surface area contributed by atoms with Crippen molar-refractivity contribution in [2.24, 2.45) is 10.7 Å². The molecule has 2 rings (SSSR count). The van der Waals surface area contributed by atoms with Crippen LogP contribution in [0.25, 0.3) is 0 Å². The Morgan fingerprint density at radius 3 is 2.61 bits per heavy atom. The number of rotatable bonds is 7. The molecule has 1 atom stereocenters. The van der Waals surface area contributed by atoms with Gasteiger partial charge in [0.05, 0.1) is 19.5 Å². The second-order valence-corrected chi connectivity index (χ2v) is 5.61. The number of hydrogen-bond donors (Lipinski definition) is 1. The van der Waals surface area contributed by atoms with E-state index in [9.17, 15) is 0 Å². The number of benzene rings is 2. The predicted octanol–water partition coefficient (Wildman–Crippen LogP) is 3.37. The van der Waals surface area contributed by atoms with E-state index in [1.807, 2.05) is 37.3 Å². The minimum Gasteiger partial charge on any atom is -0.497 e. The van der Waals surface area contributed by atoms with Gasteiger partial charge in [-0.1, -0.05) is 35.9 Å². The van der Waals surface area contributed by atoms with Crippen LogP contribution in [0.3, 0.4) is 0 Å². The van der Waals surface area contributed by atoms with Gasteiger partial charge in [-0.2, -0.15) is 0 Å². The quantitative estimate of drug-likeness (QED) is 0.630. The van der Waals surface area contributed by atoms with Crippen LogP contribution in [0.15, 0.2) is 53.5 Å². The summed E-state index contributed by atoms with van der Waals surface area (Å²) in [5.41, 5.74) is 8.42. The van der Waals surface area contributed by atoms with Gasteiger partial charge >= 0.3 is 0 Å². The topological polar surface area (TPSA) is 56.8 Å². The van der Waals surface area contributed by atoms with Gasteiger partial charge in [0.15, 0.2) is 0 Å². The Kier molecular flexibility index (Phi) is 6.03. The van der Waals surface area contributed by atoms with E-state index in [2.05, 4.69) is 30.1 Å². The van der Waals surface area contributed by atoms with Crippen LogP contribution in [0.5, 0.6) is 11.5 Å². The highest BCUT2D eigenvalue weighted by molar-refractivity contribution is 5.82. The molecule has 2 N–H and O–H groups in total. The summed E-state index contributed by atoms with van der Waals surface area (Å²) < 4.78 is 11.0. The third kappa shape index (κ3) is 5.66. The Labute approximate surface area is 138 Å². The number of ether oxygens (including phenoxy) is 2. The van der Waals surface area contributed by atoms with Crippen LogP contribution in [0, 0.1) is 6.92 Å². The van der Waals surface area contributed by atoms with Crippen molar-refractivity contribution in [1.29, 1.82) is 0 Å². The summed E-state index contributed by atoms with van der Waals surface area (Å²) in [6.07, 6.45) is 0.603. The lowest BCUT2D eigenvalue weighted by atomic mass is 10.1. The highest BCUT2D eigenvalue weighted by Crippen LogP contribution is 2.19. The van der Waals surface area contributed by atoms with E-state index in [0.717, 1.165) is 11.5 Å². The smallest absolute Gasteiger partial charge is 0.123 e. The van der Waals surface area contributed by atoms with E-state index in [-0.39, 0.29) is 6.10 Å². The summed E-state index contributed by atoms with van der Waals surface area (Å²) in [7, 11) is 1.64. The van der Waals surface area contributed by atoms with Gasteiger partial charge in [-0.05, 0) is 31.5 Å². The van der Waals surface area contributed by atoms with Crippen LogP contribution >= 0.6 is 0 Å². The molecular formula is C19H24N2O2. The summed E-state index contributed by atoms with van der Waals surface area (Å²) in [5.74, 6) is 2.16. The van der Waals surface area contributed by atoms with Crippen molar-refractivity contribution in [1.82, 2.24) is 0 Å². The van der Waals surface area contributed by atoms with Gasteiger partial charge in [0.1, 0.15) is 17.6 Å². The number of amidine groups is 1. The number of hydrogen-bond acceptors (Lipinski definition) is 3. The first-order chi connectivity index (χ1) is 11.1. The van der Waals surface area contributed by atoms with Crippen molar-refractivity contribution in [2.75, 3.05) is 13.7 Å². The Balaban J connectivity index is 1.88.